The van der Waals surface area contributed by atoms with Crippen molar-refractivity contribution in [1.29, 1.82) is 0 Å². The van der Waals surface area contributed by atoms with Gasteiger partial charge in [0.05, 0.1) is 9.30 Å². The third kappa shape index (κ3) is 2.00. The van der Waals surface area contributed by atoms with Gasteiger partial charge >= 0.3 is 6.09 Å². The van der Waals surface area contributed by atoms with Crippen LogP contribution in [0.3, 0.4) is 0 Å². The van der Waals surface area contributed by atoms with Gasteiger partial charge in [-0.1, -0.05) is 20.8 Å². The van der Waals surface area contributed by atoms with E-state index in [1.165, 1.54) is 16.2 Å². The molecule has 1 aliphatic heterocycles. The van der Waals surface area contributed by atoms with E-state index >= 15 is 0 Å². The summed E-state index contributed by atoms with van der Waals surface area (Å²) in [6.45, 7) is 6.35. The van der Waals surface area contributed by atoms with Crippen molar-refractivity contribution >= 4 is 43.6 Å². The van der Waals surface area contributed by atoms with E-state index in [1.807, 2.05) is 20.8 Å². The van der Waals surface area contributed by atoms with Crippen LogP contribution < -0.4 is 5.56 Å². The van der Waals surface area contributed by atoms with Crippen LogP contribution in [0.25, 0.3) is 10.2 Å². The van der Waals surface area contributed by atoms with Crippen molar-refractivity contribution in [3.05, 3.63) is 26.0 Å². The average molecular weight is 386 g/mol. The van der Waals surface area contributed by atoms with Crippen LogP contribution in [-0.2, 0) is 5.54 Å². The Morgan fingerprint density at radius 2 is 2.23 bits per heavy atom. The van der Waals surface area contributed by atoms with Gasteiger partial charge in [0.15, 0.2) is 0 Å². The summed E-state index contributed by atoms with van der Waals surface area (Å²) in [7, 11) is 0. The summed E-state index contributed by atoms with van der Waals surface area (Å²) in [6, 6.07) is 1.79. The summed E-state index contributed by atoms with van der Waals surface area (Å²) in [5.41, 5.74) is -0.825. The van der Waals surface area contributed by atoms with Gasteiger partial charge in [-0.05, 0) is 33.8 Å². The molecule has 0 saturated carbocycles. The second kappa shape index (κ2) is 4.79. The number of amides is 1. The number of rotatable bonds is 1. The molecule has 2 aromatic heterocycles. The van der Waals surface area contributed by atoms with Crippen molar-refractivity contribution in [2.24, 2.45) is 5.41 Å². The maximum absolute atomic E-state index is 12.3. The predicted octanol–water partition coefficient (Wildman–Crippen LogP) is 3.37. The maximum Gasteiger partial charge on any atom is 0.408 e. The molecule has 0 aliphatic carbocycles. The molecule has 0 unspecified atom stereocenters. The van der Waals surface area contributed by atoms with Gasteiger partial charge in [0.1, 0.15) is 16.1 Å². The van der Waals surface area contributed by atoms with E-state index < -0.39 is 11.6 Å². The highest BCUT2D eigenvalue weighted by Crippen LogP contribution is 2.51. The molecular weight excluding hydrogens is 370 g/mol. The first-order chi connectivity index (χ1) is 10.2. The minimum atomic E-state index is -0.990. The normalized spacial score (nSPS) is 21.9. The summed E-state index contributed by atoms with van der Waals surface area (Å²) in [5, 5.41) is 9.48. The number of fused-ring (bicyclic) bond motifs is 1. The highest BCUT2D eigenvalue weighted by molar-refractivity contribution is 9.11. The van der Waals surface area contributed by atoms with Crippen LogP contribution in [0, 0.1) is 5.41 Å². The van der Waals surface area contributed by atoms with Crippen LogP contribution in [0.5, 0.6) is 0 Å². The second-order valence-corrected chi connectivity index (χ2v) is 8.91. The van der Waals surface area contributed by atoms with E-state index in [2.05, 4.69) is 25.9 Å². The molecule has 8 heteroatoms. The van der Waals surface area contributed by atoms with E-state index in [0.717, 1.165) is 3.79 Å². The van der Waals surface area contributed by atoms with Gasteiger partial charge in [-0.15, -0.1) is 11.3 Å². The molecule has 0 radical (unpaired) electrons. The lowest BCUT2D eigenvalue weighted by molar-refractivity contribution is -0.0837. The number of hydrogen-bond acceptors (Lipinski definition) is 4. The zero-order valence-corrected chi connectivity index (χ0v) is 14.8. The maximum atomic E-state index is 12.3. The molecular formula is C14H16BrN3O3S. The Morgan fingerprint density at radius 1 is 1.55 bits per heavy atom. The quantitative estimate of drug-likeness (QED) is 0.787. The standard InChI is InChI=1S/C14H16BrN3O3S/c1-13(2,3)14(4-5-18(14)12(20)21)11-16-7-6-8(15)22-9(7)10(19)17-11/h6H,4-5H2,1-3H3,(H,20,21)(H,16,17,19)/t14-/m1/s1. The SMILES string of the molecule is CC(C)(C)[C@]1(c2nc3cc(Br)sc3c(=O)[nH]2)CCN1C(=O)O. The van der Waals surface area contributed by atoms with Gasteiger partial charge < -0.3 is 10.1 Å². The molecule has 0 spiro atoms. The Balaban J connectivity index is 2.26. The number of H-pyrrole nitrogens is 1. The highest BCUT2D eigenvalue weighted by Gasteiger charge is 2.58. The van der Waals surface area contributed by atoms with E-state index in [-0.39, 0.29) is 11.0 Å². The fourth-order valence-electron chi connectivity index (χ4n) is 3.19. The van der Waals surface area contributed by atoms with E-state index in [1.54, 1.807) is 6.07 Å². The van der Waals surface area contributed by atoms with Gasteiger partial charge in [0.25, 0.3) is 5.56 Å². The lowest BCUT2D eigenvalue weighted by atomic mass is 9.65. The molecule has 0 aromatic carbocycles. The molecule has 1 aliphatic rings. The third-order valence-corrected chi connectivity index (χ3v) is 6.00. The van der Waals surface area contributed by atoms with Gasteiger partial charge in [-0.25, -0.2) is 9.78 Å². The number of carboxylic acid groups (broad SMARTS) is 1. The molecule has 1 fully saturated rings. The monoisotopic (exact) mass is 385 g/mol. The fourth-order valence-corrected chi connectivity index (χ4v) is 4.61. The Kier molecular flexibility index (Phi) is 3.37. The molecule has 3 heterocycles. The van der Waals surface area contributed by atoms with Crippen LogP contribution in [0.15, 0.2) is 14.6 Å². The molecule has 6 nitrogen and oxygen atoms in total. The number of nitrogens with zero attached hydrogens (tertiary/aromatic N) is 2. The first kappa shape index (κ1) is 15.5. The third-order valence-electron chi connectivity index (χ3n) is 4.37. The number of aromatic amines is 1. The summed E-state index contributed by atoms with van der Waals surface area (Å²) in [6.07, 6.45) is -0.349. The number of thiophene rings is 1. The van der Waals surface area contributed by atoms with Crippen LogP contribution in [0.2, 0.25) is 0 Å². The summed E-state index contributed by atoms with van der Waals surface area (Å²) in [5.74, 6) is 0.427. The van der Waals surface area contributed by atoms with Crippen molar-refractivity contribution in [3.8, 4) is 0 Å². The number of halogens is 1. The molecule has 1 amide bonds. The molecule has 118 valence electrons. The summed E-state index contributed by atoms with van der Waals surface area (Å²) < 4.78 is 1.37. The van der Waals surface area contributed by atoms with Gasteiger partial charge in [-0.2, -0.15) is 0 Å². The van der Waals surface area contributed by atoms with Crippen molar-refractivity contribution < 1.29 is 9.90 Å². The van der Waals surface area contributed by atoms with Gasteiger partial charge in [-0.3, -0.25) is 9.69 Å². The number of aromatic nitrogens is 2. The van der Waals surface area contributed by atoms with E-state index in [4.69, 9.17) is 0 Å². The summed E-state index contributed by atoms with van der Waals surface area (Å²) in [4.78, 5) is 32.7. The molecule has 3 rings (SSSR count). The Bertz CT molecular complexity index is 823. The zero-order chi connectivity index (χ0) is 16.3. The lowest BCUT2D eigenvalue weighted by Crippen LogP contribution is -2.66. The average Bonchev–Trinajstić information content (AvgIpc) is 2.66. The number of carbonyl (C=O) groups is 1. The lowest BCUT2D eigenvalue weighted by Gasteiger charge is -2.57. The Morgan fingerprint density at radius 3 is 2.73 bits per heavy atom. The van der Waals surface area contributed by atoms with Gasteiger partial charge in [0, 0.05) is 6.54 Å². The Labute approximate surface area is 139 Å². The van der Waals surface area contributed by atoms with E-state index in [0.29, 0.717) is 29.0 Å². The van der Waals surface area contributed by atoms with Crippen LogP contribution >= 0.6 is 27.3 Å². The van der Waals surface area contributed by atoms with Crippen LogP contribution in [0.1, 0.15) is 33.0 Å². The highest BCUT2D eigenvalue weighted by atomic mass is 79.9. The van der Waals surface area contributed by atoms with Crippen LogP contribution in [0.4, 0.5) is 4.79 Å². The Hall–Kier alpha value is -1.41. The van der Waals surface area contributed by atoms with Crippen molar-refractivity contribution in [1.82, 2.24) is 14.9 Å². The van der Waals surface area contributed by atoms with Gasteiger partial charge in [0.2, 0.25) is 0 Å². The molecule has 0 bridgehead atoms. The molecule has 2 aromatic rings. The minimum absolute atomic E-state index is 0.225. The smallest absolute Gasteiger partial charge is 0.408 e. The second-order valence-electron chi connectivity index (χ2n) is 6.47. The van der Waals surface area contributed by atoms with Crippen LogP contribution in [-0.4, -0.2) is 32.6 Å². The van der Waals surface area contributed by atoms with E-state index in [9.17, 15) is 14.7 Å². The number of hydrogen-bond donors (Lipinski definition) is 2. The zero-order valence-electron chi connectivity index (χ0n) is 12.4. The molecule has 1 saturated heterocycles. The van der Waals surface area contributed by atoms with Crippen molar-refractivity contribution in [2.45, 2.75) is 32.7 Å². The van der Waals surface area contributed by atoms with Crippen molar-refractivity contribution in [3.63, 3.8) is 0 Å². The largest absolute Gasteiger partial charge is 0.465 e. The fraction of sp³-hybridized carbons (Fsp3) is 0.500. The first-order valence-electron chi connectivity index (χ1n) is 6.87. The molecule has 1 atom stereocenters. The number of likely N-dealkylation sites (tertiary alicyclic amines) is 1. The molecule has 22 heavy (non-hydrogen) atoms. The summed E-state index contributed by atoms with van der Waals surface area (Å²) >= 11 is 4.68. The number of nitrogens with one attached hydrogen (secondary N) is 1. The predicted molar refractivity (Wildman–Crippen MR) is 88.4 cm³/mol. The topological polar surface area (TPSA) is 86.3 Å². The molecule has 2 N–H and O–H groups in total. The van der Waals surface area contributed by atoms with Crippen molar-refractivity contribution in [2.75, 3.05) is 6.54 Å². The minimum Gasteiger partial charge on any atom is -0.465 e. The first-order valence-corrected chi connectivity index (χ1v) is 8.48.